The van der Waals surface area contributed by atoms with Crippen molar-refractivity contribution in [1.82, 2.24) is 29.7 Å². The highest BCUT2D eigenvalue weighted by Crippen LogP contribution is 2.32. The first kappa shape index (κ1) is 15.4. The molecule has 2 N–H and O–H groups in total. The molecule has 3 aromatic heterocycles. The van der Waals surface area contributed by atoms with Crippen LogP contribution in [0.15, 0.2) is 36.8 Å². The number of H-pyrrole nitrogens is 2. The number of aromatic nitrogens is 6. The van der Waals surface area contributed by atoms with E-state index in [0.29, 0.717) is 22.7 Å². The zero-order valence-electron chi connectivity index (χ0n) is 13.1. The molecule has 9 heteroatoms. The lowest BCUT2D eigenvalue weighted by Crippen LogP contribution is -2.12. The van der Waals surface area contributed by atoms with E-state index in [9.17, 15) is 13.2 Å². The monoisotopic (exact) mass is 346 g/mol. The van der Waals surface area contributed by atoms with Gasteiger partial charge in [0.05, 0.1) is 24.6 Å². The van der Waals surface area contributed by atoms with Crippen molar-refractivity contribution in [3.05, 3.63) is 53.6 Å². The highest BCUT2D eigenvalue weighted by Gasteiger charge is 2.33. The number of imidazole rings is 2. The predicted octanol–water partition coefficient (Wildman–Crippen LogP) is 3.53. The SMILES string of the molecule is Cc1[nH]cnc1-c1nc2c(cnn2Cc2ccccc2C(F)(F)F)[nH]1. The summed E-state index contributed by atoms with van der Waals surface area (Å²) in [4.78, 5) is 14.7. The number of halogens is 3. The fourth-order valence-corrected chi connectivity index (χ4v) is 2.77. The number of hydrogen-bond donors (Lipinski definition) is 2. The molecule has 0 saturated carbocycles. The van der Waals surface area contributed by atoms with Crippen LogP contribution in [0.3, 0.4) is 0 Å². The Morgan fingerprint density at radius 2 is 2.00 bits per heavy atom. The molecule has 0 bridgehead atoms. The smallest absolute Gasteiger partial charge is 0.348 e. The maximum absolute atomic E-state index is 13.2. The maximum Gasteiger partial charge on any atom is 0.416 e. The second kappa shape index (κ2) is 5.47. The fraction of sp³-hybridized carbons (Fsp3) is 0.188. The highest BCUT2D eigenvalue weighted by atomic mass is 19.4. The van der Waals surface area contributed by atoms with Crippen molar-refractivity contribution in [3.63, 3.8) is 0 Å². The second-order valence-corrected chi connectivity index (χ2v) is 5.66. The van der Waals surface area contributed by atoms with Crippen LogP contribution in [0.4, 0.5) is 13.2 Å². The number of benzene rings is 1. The van der Waals surface area contributed by atoms with Crippen LogP contribution in [0.25, 0.3) is 22.7 Å². The molecular formula is C16H13F3N6. The summed E-state index contributed by atoms with van der Waals surface area (Å²) >= 11 is 0. The zero-order chi connectivity index (χ0) is 17.6. The maximum atomic E-state index is 13.2. The minimum atomic E-state index is -4.41. The molecule has 25 heavy (non-hydrogen) atoms. The number of aromatic amines is 2. The largest absolute Gasteiger partial charge is 0.416 e. The van der Waals surface area contributed by atoms with E-state index in [1.54, 1.807) is 18.6 Å². The first-order chi connectivity index (χ1) is 11.9. The molecule has 4 aromatic rings. The number of hydrogen-bond acceptors (Lipinski definition) is 3. The summed E-state index contributed by atoms with van der Waals surface area (Å²) in [7, 11) is 0. The van der Waals surface area contributed by atoms with E-state index in [0.717, 1.165) is 11.8 Å². The Morgan fingerprint density at radius 1 is 1.20 bits per heavy atom. The number of nitrogens with zero attached hydrogens (tertiary/aromatic N) is 4. The molecule has 0 spiro atoms. The normalized spacial score (nSPS) is 12.2. The van der Waals surface area contributed by atoms with Gasteiger partial charge in [-0.1, -0.05) is 18.2 Å². The van der Waals surface area contributed by atoms with Crippen molar-refractivity contribution >= 4 is 11.2 Å². The van der Waals surface area contributed by atoms with Gasteiger partial charge in [-0.3, -0.25) is 0 Å². The molecule has 6 nitrogen and oxygen atoms in total. The van der Waals surface area contributed by atoms with Crippen molar-refractivity contribution in [2.75, 3.05) is 0 Å². The summed E-state index contributed by atoms with van der Waals surface area (Å²) in [5, 5.41) is 4.15. The highest BCUT2D eigenvalue weighted by molar-refractivity contribution is 5.75. The van der Waals surface area contributed by atoms with E-state index in [-0.39, 0.29) is 12.1 Å². The zero-order valence-corrected chi connectivity index (χ0v) is 13.1. The van der Waals surface area contributed by atoms with Gasteiger partial charge in [-0.05, 0) is 18.6 Å². The van der Waals surface area contributed by atoms with Gasteiger partial charge in [0.2, 0.25) is 0 Å². The Hall–Kier alpha value is -3.10. The number of aryl methyl sites for hydroxylation is 1. The fourth-order valence-electron chi connectivity index (χ4n) is 2.77. The van der Waals surface area contributed by atoms with Gasteiger partial charge >= 0.3 is 6.18 Å². The molecule has 128 valence electrons. The lowest BCUT2D eigenvalue weighted by Gasteiger charge is -2.12. The molecule has 3 heterocycles. The molecule has 0 aliphatic carbocycles. The minimum Gasteiger partial charge on any atom is -0.348 e. The first-order valence-electron chi connectivity index (χ1n) is 7.50. The average Bonchev–Trinajstić information content (AvgIpc) is 3.24. The first-order valence-corrected chi connectivity index (χ1v) is 7.50. The Kier molecular flexibility index (Phi) is 3.38. The van der Waals surface area contributed by atoms with Crippen LogP contribution >= 0.6 is 0 Å². The molecule has 0 atom stereocenters. The van der Waals surface area contributed by atoms with Gasteiger partial charge < -0.3 is 9.97 Å². The third-order valence-corrected chi connectivity index (χ3v) is 3.98. The van der Waals surface area contributed by atoms with Crippen LogP contribution in [0, 0.1) is 6.92 Å². The molecule has 0 aliphatic rings. The van der Waals surface area contributed by atoms with Crippen LogP contribution in [-0.2, 0) is 12.7 Å². The average molecular weight is 346 g/mol. The van der Waals surface area contributed by atoms with E-state index in [2.05, 4.69) is 25.0 Å². The van der Waals surface area contributed by atoms with E-state index in [1.165, 1.54) is 16.8 Å². The van der Waals surface area contributed by atoms with Crippen molar-refractivity contribution in [1.29, 1.82) is 0 Å². The van der Waals surface area contributed by atoms with Gasteiger partial charge in [-0.25, -0.2) is 14.6 Å². The molecule has 0 unspecified atom stereocenters. The van der Waals surface area contributed by atoms with E-state index in [4.69, 9.17) is 0 Å². The number of nitrogens with one attached hydrogen (secondary N) is 2. The van der Waals surface area contributed by atoms with Gasteiger partial charge in [-0.2, -0.15) is 18.3 Å². The quantitative estimate of drug-likeness (QED) is 0.596. The molecule has 4 rings (SSSR count). The summed E-state index contributed by atoms with van der Waals surface area (Å²) in [5.41, 5.74) is 2.10. The lowest BCUT2D eigenvalue weighted by molar-refractivity contribution is -0.138. The van der Waals surface area contributed by atoms with E-state index in [1.807, 2.05) is 6.92 Å². The Balaban J connectivity index is 1.74. The van der Waals surface area contributed by atoms with Crippen LogP contribution in [0.2, 0.25) is 0 Å². The molecule has 0 saturated heterocycles. The third-order valence-electron chi connectivity index (χ3n) is 3.98. The number of rotatable bonds is 3. The van der Waals surface area contributed by atoms with Gasteiger partial charge in [-0.15, -0.1) is 0 Å². The Morgan fingerprint density at radius 3 is 2.72 bits per heavy atom. The van der Waals surface area contributed by atoms with Gasteiger partial charge in [0.15, 0.2) is 11.5 Å². The topological polar surface area (TPSA) is 75.2 Å². The van der Waals surface area contributed by atoms with Crippen LogP contribution in [0.1, 0.15) is 16.8 Å². The molecular weight excluding hydrogens is 333 g/mol. The van der Waals surface area contributed by atoms with Crippen molar-refractivity contribution < 1.29 is 13.2 Å². The standard InChI is InChI=1S/C16H13F3N6/c1-9-13(21-8-20-9)14-23-12-6-22-25(15(12)24-14)7-10-4-2-3-5-11(10)16(17,18)19/h2-6,8H,7H2,1H3,(H,20,21)(H,23,24). The van der Waals surface area contributed by atoms with E-state index < -0.39 is 11.7 Å². The summed E-state index contributed by atoms with van der Waals surface area (Å²) in [6, 6.07) is 5.47. The van der Waals surface area contributed by atoms with Crippen molar-refractivity contribution in [2.45, 2.75) is 19.6 Å². The minimum absolute atomic E-state index is 0.0248. The second-order valence-electron chi connectivity index (χ2n) is 5.66. The number of alkyl halides is 3. The van der Waals surface area contributed by atoms with Gasteiger partial charge in [0.25, 0.3) is 0 Å². The third kappa shape index (κ3) is 2.67. The summed E-state index contributed by atoms with van der Waals surface area (Å²) in [6.07, 6.45) is -1.31. The molecule has 0 radical (unpaired) electrons. The summed E-state index contributed by atoms with van der Waals surface area (Å²) in [6.45, 7) is 1.84. The molecule has 0 fully saturated rings. The molecule has 1 aromatic carbocycles. The molecule has 0 amide bonds. The Labute approximate surface area is 139 Å². The van der Waals surface area contributed by atoms with Gasteiger partial charge in [0, 0.05) is 5.69 Å². The van der Waals surface area contributed by atoms with Crippen LogP contribution in [-0.4, -0.2) is 29.7 Å². The summed E-state index contributed by atoms with van der Waals surface area (Å²) in [5.74, 6) is 0.545. The van der Waals surface area contributed by atoms with Crippen molar-refractivity contribution in [2.24, 2.45) is 0 Å². The van der Waals surface area contributed by atoms with Crippen LogP contribution < -0.4 is 0 Å². The number of fused-ring (bicyclic) bond motifs is 1. The summed E-state index contributed by atoms with van der Waals surface area (Å²) < 4.78 is 40.9. The van der Waals surface area contributed by atoms with Crippen molar-refractivity contribution in [3.8, 4) is 11.5 Å². The Bertz CT molecular complexity index is 1040. The van der Waals surface area contributed by atoms with Crippen LogP contribution in [0.5, 0.6) is 0 Å². The lowest BCUT2D eigenvalue weighted by atomic mass is 10.1. The predicted molar refractivity (Wildman–Crippen MR) is 84.7 cm³/mol. The van der Waals surface area contributed by atoms with E-state index >= 15 is 0 Å². The van der Waals surface area contributed by atoms with Gasteiger partial charge in [0.1, 0.15) is 11.2 Å². The molecule has 0 aliphatic heterocycles.